The summed E-state index contributed by atoms with van der Waals surface area (Å²) >= 11 is 1.91. The van der Waals surface area contributed by atoms with Crippen LogP contribution in [0, 0.1) is 0 Å². The van der Waals surface area contributed by atoms with E-state index in [-0.39, 0.29) is 0 Å². The summed E-state index contributed by atoms with van der Waals surface area (Å²) in [6.45, 7) is 3.68. The molecule has 0 aliphatic rings. The maximum Gasteiger partial charge on any atom is 0.0431 e. The number of aliphatic hydroxyl groups excluding tert-OH is 1. The van der Waals surface area contributed by atoms with Crippen LogP contribution in [0.5, 0.6) is 0 Å². The zero-order chi connectivity index (χ0) is 10.1. The summed E-state index contributed by atoms with van der Waals surface area (Å²) in [7, 11) is 2.18. The van der Waals surface area contributed by atoms with Crippen LogP contribution in [-0.2, 0) is 0 Å². The van der Waals surface area contributed by atoms with Crippen molar-refractivity contribution in [2.75, 3.05) is 32.2 Å². The highest BCUT2D eigenvalue weighted by molar-refractivity contribution is 7.98. The van der Waals surface area contributed by atoms with Gasteiger partial charge in [0.25, 0.3) is 0 Å². The molecular formula is C10H23NOS. The summed E-state index contributed by atoms with van der Waals surface area (Å²) in [5.74, 6) is 1.21. The van der Waals surface area contributed by atoms with E-state index in [9.17, 15) is 0 Å². The third kappa shape index (κ3) is 6.36. The standard InChI is InChI=1S/C10H23NOS/c1-4-10(9-13-3)11(2)7-5-6-8-12/h10,12H,4-9H2,1-3H3. The second-order valence-electron chi connectivity index (χ2n) is 3.43. The van der Waals surface area contributed by atoms with E-state index < -0.39 is 0 Å². The third-order valence-corrected chi connectivity index (χ3v) is 3.09. The zero-order valence-corrected chi connectivity index (χ0v) is 9.94. The molecule has 1 N–H and O–H groups in total. The molecule has 0 amide bonds. The molecule has 0 bridgehead atoms. The number of rotatable bonds is 8. The minimum Gasteiger partial charge on any atom is -0.396 e. The number of hydrogen-bond donors (Lipinski definition) is 1. The largest absolute Gasteiger partial charge is 0.396 e. The van der Waals surface area contributed by atoms with Gasteiger partial charge >= 0.3 is 0 Å². The van der Waals surface area contributed by atoms with Crippen LogP contribution >= 0.6 is 11.8 Å². The van der Waals surface area contributed by atoms with E-state index in [0.29, 0.717) is 12.6 Å². The SMILES string of the molecule is CCC(CSC)N(C)CCCCO. The fourth-order valence-corrected chi connectivity index (χ4v) is 2.28. The predicted molar refractivity (Wildman–Crippen MR) is 61.4 cm³/mol. The van der Waals surface area contributed by atoms with Gasteiger partial charge in [0.15, 0.2) is 0 Å². The van der Waals surface area contributed by atoms with Gasteiger partial charge in [0.2, 0.25) is 0 Å². The second kappa shape index (κ2) is 8.85. The van der Waals surface area contributed by atoms with Crippen LogP contribution in [0.2, 0.25) is 0 Å². The van der Waals surface area contributed by atoms with Crippen molar-refractivity contribution in [3.05, 3.63) is 0 Å². The highest BCUT2D eigenvalue weighted by atomic mass is 32.2. The molecule has 0 aliphatic heterocycles. The van der Waals surface area contributed by atoms with Crippen molar-refractivity contribution in [1.82, 2.24) is 4.90 Å². The van der Waals surface area contributed by atoms with Crippen LogP contribution in [-0.4, -0.2) is 48.3 Å². The molecule has 0 aliphatic carbocycles. The lowest BCUT2D eigenvalue weighted by atomic mass is 10.2. The fourth-order valence-electron chi connectivity index (χ4n) is 1.40. The van der Waals surface area contributed by atoms with E-state index in [2.05, 4.69) is 25.1 Å². The molecule has 0 aromatic rings. The van der Waals surface area contributed by atoms with Crippen LogP contribution in [0.25, 0.3) is 0 Å². The van der Waals surface area contributed by atoms with Crippen molar-refractivity contribution < 1.29 is 5.11 Å². The Morgan fingerprint density at radius 3 is 2.54 bits per heavy atom. The second-order valence-corrected chi connectivity index (χ2v) is 4.34. The lowest BCUT2D eigenvalue weighted by Crippen LogP contribution is -2.34. The molecule has 0 heterocycles. The first kappa shape index (κ1) is 13.3. The lowest BCUT2D eigenvalue weighted by Gasteiger charge is -2.26. The molecular weight excluding hydrogens is 182 g/mol. The number of thioether (sulfide) groups is 1. The van der Waals surface area contributed by atoms with Gasteiger partial charge in [-0.1, -0.05) is 6.92 Å². The average molecular weight is 205 g/mol. The number of unbranched alkanes of at least 4 members (excludes halogenated alkanes) is 1. The molecule has 0 saturated carbocycles. The molecule has 0 saturated heterocycles. The number of nitrogens with zero attached hydrogens (tertiary/aromatic N) is 1. The zero-order valence-electron chi connectivity index (χ0n) is 9.12. The van der Waals surface area contributed by atoms with Gasteiger partial charge in [-0.05, 0) is 39.1 Å². The van der Waals surface area contributed by atoms with Crippen LogP contribution in [0.15, 0.2) is 0 Å². The monoisotopic (exact) mass is 205 g/mol. The summed E-state index contributed by atoms with van der Waals surface area (Å²) in [5, 5.41) is 8.66. The van der Waals surface area contributed by atoms with E-state index in [1.165, 1.54) is 12.2 Å². The van der Waals surface area contributed by atoms with E-state index in [1.807, 2.05) is 11.8 Å². The highest BCUT2D eigenvalue weighted by Crippen LogP contribution is 2.08. The van der Waals surface area contributed by atoms with E-state index in [0.717, 1.165) is 19.4 Å². The quantitative estimate of drug-likeness (QED) is 0.612. The normalized spacial score (nSPS) is 13.6. The first-order chi connectivity index (χ1) is 6.26. The van der Waals surface area contributed by atoms with Crippen molar-refractivity contribution in [2.45, 2.75) is 32.2 Å². The van der Waals surface area contributed by atoms with Gasteiger partial charge in [-0.15, -0.1) is 0 Å². The summed E-state index contributed by atoms with van der Waals surface area (Å²) < 4.78 is 0. The average Bonchev–Trinajstić information content (AvgIpc) is 2.14. The van der Waals surface area contributed by atoms with Gasteiger partial charge < -0.3 is 10.0 Å². The minimum absolute atomic E-state index is 0.327. The molecule has 3 heteroatoms. The van der Waals surface area contributed by atoms with E-state index >= 15 is 0 Å². The first-order valence-corrected chi connectivity index (χ1v) is 6.45. The first-order valence-electron chi connectivity index (χ1n) is 5.06. The smallest absolute Gasteiger partial charge is 0.0431 e. The van der Waals surface area contributed by atoms with Crippen molar-refractivity contribution in [3.8, 4) is 0 Å². The Balaban J connectivity index is 3.57. The van der Waals surface area contributed by atoms with Crippen molar-refractivity contribution >= 4 is 11.8 Å². The molecule has 2 nitrogen and oxygen atoms in total. The van der Waals surface area contributed by atoms with Crippen LogP contribution < -0.4 is 0 Å². The van der Waals surface area contributed by atoms with Crippen LogP contribution in [0.3, 0.4) is 0 Å². The van der Waals surface area contributed by atoms with Gasteiger partial charge in [-0.25, -0.2) is 0 Å². The predicted octanol–water partition coefficient (Wildman–Crippen LogP) is 1.83. The van der Waals surface area contributed by atoms with Crippen molar-refractivity contribution in [3.63, 3.8) is 0 Å². The van der Waals surface area contributed by atoms with E-state index in [1.54, 1.807) is 0 Å². The summed E-state index contributed by atoms with van der Waals surface area (Å²) in [6, 6.07) is 0.702. The molecule has 0 aromatic heterocycles. The van der Waals surface area contributed by atoms with Gasteiger partial charge in [-0.2, -0.15) is 11.8 Å². The fraction of sp³-hybridized carbons (Fsp3) is 1.00. The summed E-state index contributed by atoms with van der Waals surface area (Å²) in [5.41, 5.74) is 0. The van der Waals surface area contributed by atoms with Gasteiger partial charge in [0, 0.05) is 18.4 Å². The van der Waals surface area contributed by atoms with Gasteiger partial charge in [-0.3, -0.25) is 0 Å². The summed E-state index contributed by atoms with van der Waals surface area (Å²) in [6.07, 6.45) is 5.42. The van der Waals surface area contributed by atoms with Gasteiger partial charge in [0.1, 0.15) is 0 Å². The minimum atomic E-state index is 0.327. The maximum absolute atomic E-state index is 8.66. The van der Waals surface area contributed by atoms with Crippen LogP contribution in [0.1, 0.15) is 26.2 Å². The molecule has 0 spiro atoms. The molecule has 13 heavy (non-hydrogen) atoms. The number of aliphatic hydroxyl groups is 1. The summed E-state index contributed by atoms with van der Waals surface area (Å²) in [4.78, 5) is 2.41. The highest BCUT2D eigenvalue weighted by Gasteiger charge is 2.10. The Bertz CT molecular complexity index is 111. The Hall–Kier alpha value is 0.270. The molecule has 0 rings (SSSR count). The van der Waals surface area contributed by atoms with E-state index in [4.69, 9.17) is 5.11 Å². The number of hydrogen-bond acceptors (Lipinski definition) is 3. The Morgan fingerprint density at radius 1 is 1.38 bits per heavy atom. The molecule has 0 aromatic carbocycles. The molecule has 80 valence electrons. The topological polar surface area (TPSA) is 23.5 Å². The van der Waals surface area contributed by atoms with Crippen LogP contribution in [0.4, 0.5) is 0 Å². The molecule has 1 atom stereocenters. The Kier molecular flexibility index (Phi) is 9.03. The molecule has 0 fully saturated rings. The lowest BCUT2D eigenvalue weighted by molar-refractivity contribution is 0.231. The van der Waals surface area contributed by atoms with Crippen molar-refractivity contribution in [2.24, 2.45) is 0 Å². The Morgan fingerprint density at radius 2 is 2.08 bits per heavy atom. The third-order valence-electron chi connectivity index (χ3n) is 2.37. The maximum atomic E-state index is 8.66. The van der Waals surface area contributed by atoms with Gasteiger partial charge in [0.05, 0.1) is 0 Å². The molecule has 0 radical (unpaired) electrons. The van der Waals surface area contributed by atoms with Crippen molar-refractivity contribution in [1.29, 1.82) is 0 Å². The Labute approximate surface area is 86.7 Å². The molecule has 1 unspecified atom stereocenters.